The van der Waals surface area contributed by atoms with Gasteiger partial charge in [-0.2, -0.15) is 4.98 Å². The third-order valence-corrected chi connectivity index (χ3v) is 6.14. The number of anilines is 4. The Hall–Kier alpha value is -5.14. The van der Waals surface area contributed by atoms with E-state index in [1.807, 2.05) is 18.2 Å². The topological polar surface area (TPSA) is 166 Å². The Kier molecular flexibility index (Phi) is 11.9. The first-order chi connectivity index (χ1) is 20.6. The van der Waals surface area contributed by atoms with Crippen molar-refractivity contribution in [1.29, 1.82) is 0 Å². The lowest BCUT2D eigenvalue weighted by atomic mass is 10.2. The number of piperazine rings is 1. The van der Waals surface area contributed by atoms with Gasteiger partial charge in [0, 0.05) is 61.8 Å². The fourth-order valence-corrected chi connectivity index (χ4v) is 3.86. The molecule has 226 valence electrons. The number of hydrogen-bond donors (Lipinski definition) is 4. The molecule has 1 fully saturated rings. The van der Waals surface area contributed by atoms with Crippen molar-refractivity contribution in [2.45, 2.75) is 0 Å². The molecule has 4 rings (SSSR count). The minimum atomic E-state index is -1.26. The van der Waals surface area contributed by atoms with E-state index in [9.17, 15) is 14.4 Å². The summed E-state index contributed by atoms with van der Waals surface area (Å²) >= 11 is 6.28. The van der Waals surface area contributed by atoms with Gasteiger partial charge in [0.15, 0.2) is 0 Å². The first-order valence-electron chi connectivity index (χ1n) is 12.8. The summed E-state index contributed by atoms with van der Waals surface area (Å²) < 4.78 is 11.5. The van der Waals surface area contributed by atoms with Gasteiger partial charge in [0.05, 0.1) is 19.0 Å². The molecule has 2 aromatic carbocycles. The van der Waals surface area contributed by atoms with Gasteiger partial charge in [0.1, 0.15) is 16.5 Å². The van der Waals surface area contributed by atoms with Gasteiger partial charge < -0.3 is 40.1 Å². The van der Waals surface area contributed by atoms with E-state index in [1.54, 1.807) is 31.4 Å². The van der Waals surface area contributed by atoms with Crippen LogP contribution < -0.4 is 25.0 Å². The number of benzene rings is 2. The third kappa shape index (κ3) is 10.3. The summed E-state index contributed by atoms with van der Waals surface area (Å²) in [4.78, 5) is 44.0. The number of nitrogens with zero attached hydrogens (tertiary/aromatic N) is 4. The number of aliphatic carboxylic acids is 2. The van der Waals surface area contributed by atoms with Crippen LogP contribution in [-0.2, 0) is 14.4 Å². The van der Waals surface area contributed by atoms with Crippen molar-refractivity contribution < 1.29 is 34.1 Å². The average Bonchev–Trinajstić information content (AvgIpc) is 2.99. The zero-order chi connectivity index (χ0) is 31.4. The number of halogens is 1. The van der Waals surface area contributed by atoms with Crippen molar-refractivity contribution in [3.63, 3.8) is 0 Å². The molecule has 0 aliphatic carbocycles. The van der Waals surface area contributed by atoms with Crippen LogP contribution in [0.3, 0.4) is 0 Å². The molecule has 0 bridgehead atoms. The number of carboxylic acids is 2. The molecule has 1 amide bonds. The van der Waals surface area contributed by atoms with Gasteiger partial charge in [-0.15, -0.1) is 0 Å². The SMILES string of the molecule is C=CC(=O)Nc1cccc(Oc2nc(Nc3ccc(N4CCN(C)CC4)cc3OC)ncc2Cl)c1.O=C(O)/C=C/C(=O)O. The van der Waals surface area contributed by atoms with Crippen LogP contribution in [0.5, 0.6) is 17.4 Å². The van der Waals surface area contributed by atoms with Crippen molar-refractivity contribution in [2.75, 3.05) is 55.9 Å². The van der Waals surface area contributed by atoms with E-state index in [-0.39, 0.29) is 16.8 Å². The third-order valence-electron chi connectivity index (χ3n) is 5.88. The number of carboxylic acid groups (broad SMARTS) is 2. The monoisotopic (exact) mass is 610 g/mol. The van der Waals surface area contributed by atoms with E-state index in [2.05, 4.69) is 44.0 Å². The molecule has 0 atom stereocenters. The van der Waals surface area contributed by atoms with Crippen LogP contribution in [0.1, 0.15) is 0 Å². The molecule has 1 aliphatic heterocycles. The number of ether oxygens (including phenoxy) is 2. The van der Waals surface area contributed by atoms with Gasteiger partial charge >= 0.3 is 11.9 Å². The standard InChI is InChI=1S/C25H27ClN6O3.C4H4O4/c1-4-23(33)28-17-6-5-7-19(14-17)35-24-20(26)16-27-25(30-24)29-21-9-8-18(15-22(21)34-3)32-12-10-31(2)11-13-32;5-3(6)1-2-4(7)8/h4-9,14-16H,1,10-13H2,2-3H3,(H,28,33)(H,27,29,30);1-2H,(H,5,6)(H,7,8)/b;2-1+. The molecule has 0 unspecified atom stereocenters. The van der Waals surface area contributed by atoms with Crippen LogP contribution in [0.25, 0.3) is 0 Å². The zero-order valence-electron chi connectivity index (χ0n) is 23.5. The molecule has 13 nitrogen and oxygen atoms in total. The lowest BCUT2D eigenvalue weighted by Crippen LogP contribution is -2.44. The molecular weight excluding hydrogens is 580 g/mol. The second-order valence-electron chi connectivity index (χ2n) is 8.98. The lowest BCUT2D eigenvalue weighted by molar-refractivity contribution is -0.134. The normalized spacial score (nSPS) is 13.0. The quantitative estimate of drug-likeness (QED) is 0.241. The summed E-state index contributed by atoms with van der Waals surface area (Å²) in [5.41, 5.74) is 2.37. The van der Waals surface area contributed by atoms with Gasteiger partial charge in [-0.05, 0) is 37.4 Å². The summed E-state index contributed by atoms with van der Waals surface area (Å²) in [6.07, 6.45) is 3.77. The number of hydrogen-bond acceptors (Lipinski definition) is 10. The minimum Gasteiger partial charge on any atom is -0.494 e. The fraction of sp³-hybridized carbons (Fsp3) is 0.207. The maximum absolute atomic E-state index is 11.6. The van der Waals surface area contributed by atoms with Gasteiger partial charge in [-0.3, -0.25) is 4.79 Å². The van der Waals surface area contributed by atoms with Crippen LogP contribution >= 0.6 is 11.6 Å². The highest BCUT2D eigenvalue weighted by molar-refractivity contribution is 6.31. The van der Waals surface area contributed by atoms with Crippen LogP contribution in [0.15, 0.2) is 73.5 Å². The molecule has 14 heteroatoms. The molecule has 0 spiro atoms. The van der Waals surface area contributed by atoms with Crippen LogP contribution in [0, 0.1) is 0 Å². The highest BCUT2D eigenvalue weighted by Crippen LogP contribution is 2.34. The molecule has 0 saturated carbocycles. The number of aromatic nitrogens is 2. The van der Waals surface area contributed by atoms with Crippen molar-refractivity contribution >= 4 is 52.5 Å². The Bertz CT molecular complexity index is 1480. The second-order valence-corrected chi connectivity index (χ2v) is 9.39. The smallest absolute Gasteiger partial charge is 0.328 e. The fourth-order valence-electron chi connectivity index (χ4n) is 3.73. The highest BCUT2D eigenvalue weighted by Gasteiger charge is 2.17. The number of carbonyl (C=O) groups excluding carboxylic acids is 1. The lowest BCUT2D eigenvalue weighted by Gasteiger charge is -2.34. The number of likely N-dealkylation sites (N-methyl/N-ethyl adjacent to an activating group) is 1. The van der Waals surface area contributed by atoms with Crippen molar-refractivity contribution in [1.82, 2.24) is 14.9 Å². The van der Waals surface area contributed by atoms with E-state index >= 15 is 0 Å². The molecule has 1 aromatic heterocycles. The number of rotatable bonds is 10. The Balaban J connectivity index is 0.000000557. The first-order valence-corrected chi connectivity index (χ1v) is 13.2. The van der Waals surface area contributed by atoms with Crippen LogP contribution in [0.4, 0.5) is 23.0 Å². The Morgan fingerprint density at radius 2 is 1.74 bits per heavy atom. The molecule has 1 saturated heterocycles. The molecule has 3 aromatic rings. The number of carbonyl (C=O) groups is 3. The molecule has 4 N–H and O–H groups in total. The van der Waals surface area contributed by atoms with E-state index in [0.29, 0.717) is 41.0 Å². The number of amides is 1. The van der Waals surface area contributed by atoms with Crippen molar-refractivity contribution in [3.8, 4) is 17.4 Å². The number of methoxy groups -OCH3 is 1. The highest BCUT2D eigenvalue weighted by atomic mass is 35.5. The average molecular weight is 611 g/mol. The van der Waals surface area contributed by atoms with Gasteiger partial charge in [-0.25, -0.2) is 14.6 Å². The van der Waals surface area contributed by atoms with Crippen LogP contribution in [0.2, 0.25) is 5.02 Å². The van der Waals surface area contributed by atoms with Gasteiger partial charge in [-0.1, -0.05) is 24.2 Å². The molecule has 2 heterocycles. The summed E-state index contributed by atoms with van der Waals surface area (Å²) in [5.74, 6) is -1.24. The second kappa shape index (κ2) is 15.7. The van der Waals surface area contributed by atoms with E-state index in [0.717, 1.165) is 31.9 Å². The number of nitrogens with one attached hydrogen (secondary N) is 2. The summed E-state index contributed by atoms with van der Waals surface area (Å²) in [6, 6.07) is 12.9. The zero-order valence-corrected chi connectivity index (χ0v) is 24.2. The summed E-state index contributed by atoms with van der Waals surface area (Å²) in [7, 11) is 3.76. The van der Waals surface area contributed by atoms with Crippen molar-refractivity contribution in [3.05, 3.63) is 78.5 Å². The van der Waals surface area contributed by atoms with E-state index in [4.69, 9.17) is 31.3 Å². The molecule has 1 aliphatic rings. The minimum absolute atomic E-state index is 0.171. The van der Waals surface area contributed by atoms with E-state index in [1.165, 1.54) is 12.3 Å². The maximum Gasteiger partial charge on any atom is 0.328 e. The van der Waals surface area contributed by atoms with Crippen LogP contribution in [-0.4, -0.2) is 83.3 Å². The summed E-state index contributed by atoms with van der Waals surface area (Å²) in [6.45, 7) is 7.42. The van der Waals surface area contributed by atoms with Gasteiger partial charge in [0.25, 0.3) is 0 Å². The van der Waals surface area contributed by atoms with E-state index < -0.39 is 11.9 Å². The Labute approximate surface area is 253 Å². The maximum atomic E-state index is 11.6. The Morgan fingerprint density at radius 3 is 2.37 bits per heavy atom. The molecular formula is C29H31ClN6O7. The predicted molar refractivity (Wildman–Crippen MR) is 163 cm³/mol. The Morgan fingerprint density at radius 1 is 1.05 bits per heavy atom. The molecule has 0 radical (unpaired) electrons. The summed E-state index contributed by atoms with van der Waals surface area (Å²) in [5, 5.41) is 21.7. The largest absolute Gasteiger partial charge is 0.494 e. The first kappa shape index (κ1) is 32.4. The predicted octanol–water partition coefficient (Wildman–Crippen LogP) is 4.26. The molecule has 43 heavy (non-hydrogen) atoms. The van der Waals surface area contributed by atoms with Crippen molar-refractivity contribution in [2.24, 2.45) is 0 Å². The van der Waals surface area contributed by atoms with Gasteiger partial charge in [0.2, 0.25) is 17.7 Å².